The Labute approximate surface area is 231 Å². The third kappa shape index (κ3) is 8.18. The zero-order valence-electron chi connectivity index (χ0n) is 19.3. The monoisotopic (exact) mass is 648 g/mol. The molecule has 2 aromatic heterocycles. The van der Waals surface area contributed by atoms with Gasteiger partial charge in [-0.3, -0.25) is 4.72 Å². The van der Waals surface area contributed by atoms with E-state index < -0.39 is 10.2 Å². The standard InChI is InChI=1S/C24H22Br2N6O4S/c25-19-8-6-18(7-9-19)21-22(32-37(33,34)31-11-10-17-4-2-1-3-5-17)29-16-30-23(21)35-12-13-36-24-27-14-20(26)15-28-24/h1-9,14-16,31H,10-13H2,(H,29,30,32). The molecule has 0 fully saturated rings. The van der Waals surface area contributed by atoms with E-state index >= 15 is 0 Å². The predicted molar refractivity (Wildman–Crippen MR) is 147 cm³/mol. The molecular weight excluding hydrogens is 628 g/mol. The molecule has 2 heterocycles. The van der Waals surface area contributed by atoms with Gasteiger partial charge in [0.2, 0.25) is 5.88 Å². The van der Waals surface area contributed by atoms with Gasteiger partial charge >= 0.3 is 6.01 Å². The molecule has 0 spiro atoms. The highest BCUT2D eigenvalue weighted by molar-refractivity contribution is 9.10. The van der Waals surface area contributed by atoms with Crippen molar-refractivity contribution in [3.05, 3.63) is 87.8 Å². The van der Waals surface area contributed by atoms with Crippen LogP contribution < -0.4 is 18.9 Å². The minimum Gasteiger partial charge on any atom is -0.473 e. The van der Waals surface area contributed by atoms with Crippen molar-refractivity contribution in [3.63, 3.8) is 0 Å². The molecule has 0 atom stereocenters. The molecule has 0 amide bonds. The normalized spacial score (nSPS) is 11.2. The Kier molecular flexibility index (Phi) is 9.39. The second kappa shape index (κ2) is 12.9. The van der Waals surface area contributed by atoms with Crippen LogP contribution in [0.5, 0.6) is 11.9 Å². The van der Waals surface area contributed by atoms with Crippen LogP contribution in [0.1, 0.15) is 5.56 Å². The number of halogens is 2. The topological polar surface area (TPSA) is 128 Å². The molecule has 0 unspecified atom stereocenters. The molecule has 4 rings (SSSR count). The lowest BCUT2D eigenvalue weighted by atomic mass is 10.1. The smallest absolute Gasteiger partial charge is 0.316 e. The fraction of sp³-hybridized carbons (Fsp3) is 0.167. The van der Waals surface area contributed by atoms with Crippen molar-refractivity contribution < 1.29 is 17.9 Å². The lowest BCUT2D eigenvalue weighted by Crippen LogP contribution is -2.32. The summed E-state index contributed by atoms with van der Waals surface area (Å²) in [6.07, 6.45) is 4.93. The molecule has 0 aliphatic rings. The van der Waals surface area contributed by atoms with E-state index in [1.807, 2.05) is 54.6 Å². The van der Waals surface area contributed by atoms with Gasteiger partial charge in [0, 0.05) is 23.4 Å². The summed E-state index contributed by atoms with van der Waals surface area (Å²) in [5, 5.41) is 0. The third-order valence-corrected chi connectivity index (χ3v) is 6.86. The van der Waals surface area contributed by atoms with Crippen LogP contribution in [-0.4, -0.2) is 48.1 Å². The molecule has 0 aliphatic heterocycles. The number of rotatable bonds is 12. The van der Waals surface area contributed by atoms with Gasteiger partial charge in [-0.05, 0) is 45.6 Å². The van der Waals surface area contributed by atoms with Gasteiger partial charge in [-0.1, -0.05) is 58.4 Å². The molecule has 0 radical (unpaired) electrons. The Hall–Kier alpha value is -3.13. The highest BCUT2D eigenvalue weighted by atomic mass is 79.9. The van der Waals surface area contributed by atoms with Gasteiger partial charge in [-0.2, -0.15) is 13.1 Å². The maximum absolute atomic E-state index is 12.8. The fourth-order valence-electron chi connectivity index (χ4n) is 3.22. The Morgan fingerprint density at radius 3 is 2.24 bits per heavy atom. The summed E-state index contributed by atoms with van der Waals surface area (Å²) < 4.78 is 43.6. The molecule has 13 heteroatoms. The third-order valence-electron chi connectivity index (χ3n) is 4.87. The Bertz CT molecular complexity index is 1410. The van der Waals surface area contributed by atoms with Gasteiger partial charge in [-0.25, -0.2) is 19.9 Å². The number of hydrogen-bond donors (Lipinski definition) is 2. The first-order valence-electron chi connectivity index (χ1n) is 11.0. The SMILES string of the molecule is O=S(=O)(NCCc1ccccc1)Nc1ncnc(OCCOc2ncc(Br)cn2)c1-c1ccc(Br)cc1. The van der Waals surface area contributed by atoms with Gasteiger partial charge in [0.15, 0.2) is 5.82 Å². The van der Waals surface area contributed by atoms with Crippen molar-refractivity contribution in [2.24, 2.45) is 0 Å². The number of nitrogens with zero attached hydrogens (tertiary/aromatic N) is 4. The molecule has 2 aromatic carbocycles. The summed E-state index contributed by atoms with van der Waals surface area (Å²) in [7, 11) is -3.93. The van der Waals surface area contributed by atoms with E-state index in [9.17, 15) is 8.42 Å². The summed E-state index contributed by atoms with van der Waals surface area (Å²) in [4.78, 5) is 16.5. The van der Waals surface area contributed by atoms with E-state index in [0.717, 1.165) is 14.5 Å². The van der Waals surface area contributed by atoms with Gasteiger partial charge < -0.3 is 9.47 Å². The largest absolute Gasteiger partial charge is 0.473 e. The second-order valence-corrected chi connectivity index (χ2v) is 10.9. The molecule has 2 N–H and O–H groups in total. The van der Waals surface area contributed by atoms with Crippen LogP contribution in [0.2, 0.25) is 0 Å². The van der Waals surface area contributed by atoms with Crippen LogP contribution in [0.25, 0.3) is 11.1 Å². The van der Waals surface area contributed by atoms with Crippen LogP contribution in [0, 0.1) is 0 Å². The van der Waals surface area contributed by atoms with Crippen molar-refractivity contribution in [1.29, 1.82) is 0 Å². The van der Waals surface area contributed by atoms with Crippen LogP contribution >= 0.6 is 31.9 Å². The summed E-state index contributed by atoms with van der Waals surface area (Å²) in [6.45, 7) is 0.478. The zero-order chi connectivity index (χ0) is 26.1. The molecule has 0 saturated carbocycles. The van der Waals surface area contributed by atoms with Crippen LogP contribution in [0.15, 0.2) is 82.3 Å². The van der Waals surface area contributed by atoms with Crippen molar-refractivity contribution >= 4 is 47.9 Å². The van der Waals surface area contributed by atoms with Crippen molar-refractivity contribution in [3.8, 4) is 23.0 Å². The molecule has 0 saturated heterocycles. The van der Waals surface area contributed by atoms with Gasteiger partial charge in [0.25, 0.3) is 10.2 Å². The van der Waals surface area contributed by atoms with E-state index in [0.29, 0.717) is 17.5 Å². The average Bonchev–Trinajstić information content (AvgIpc) is 2.89. The quantitative estimate of drug-likeness (QED) is 0.216. The Morgan fingerprint density at radius 1 is 0.811 bits per heavy atom. The Balaban J connectivity index is 1.48. The average molecular weight is 650 g/mol. The zero-order valence-corrected chi connectivity index (χ0v) is 23.3. The number of ether oxygens (including phenoxy) is 2. The lowest BCUT2D eigenvalue weighted by molar-refractivity contribution is 0.202. The highest BCUT2D eigenvalue weighted by Gasteiger charge is 2.20. The molecule has 0 bridgehead atoms. The molecule has 10 nitrogen and oxygen atoms in total. The number of hydrogen-bond acceptors (Lipinski definition) is 8. The van der Waals surface area contributed by atoms with Crippen molar-refractivity contribution in [2.45, 2.75) is 6.42 Å². The van der Waals surface area contributed by atoms with E-state index in [2.05, 4.69) is 61.2 Å². The number of anilines is 1. The number of nitrogens with one attached hydrogen (secondary N) is 2. The molecule has 0 aliphatic carbocycles. The first kappa shape index (κ1) is 26.9. The summed E-state index contributed by atoms with van der Waals surface area (Å²) in [6, 6.07) is 17.1. The first-order valence-corrected chi connectivity index (χ1v) is 14.1. The maximum Gasteiger partial charge on any atom is 0.316 e. The van der Waals surface area contributed by atoms with E-state index in [1.165, 1.54) is 6.33 Å². The first-order chi connectivity index (χ1) is 17.9. The maximum atomic E-state index is 12.8. The second-order valence-electron chi connectivity index (χ2n) is 7.53. The van der Waals surface area contributed by atoms with Gasteiger partial charge in [-0.15, -0.1) is 0 Å². The fourth-order valence-corrected chi connectivity index (χ4v) is 4.54. The van der Waals surface area contributed by atoms with Gasteiger partial charge in [0.1, 0.15) is 19.5 Å². The molecule has 4 aromatic rings. The highest BCUT2D eigenvalue weighted by Crippen LogP contribution is 2.34. The van der Waals surface area contributed by atoms with E-state index in [-0.39, 0.29) is 37.5 Å². The lowest BCUT2D eigenvalue weighted by Gasteiger charge is -2.16. The van der Waals surface area contributed by atoms with E-state index in [1.54, 1.807) is 12.4 Å². The minimum absolute atomic E-state index is 0.0803. The molecule has 192 valence electrons. The molecule has 37 heavy (non-hydrogen) atoms. The van der Waals surface area contributed by atoms with E-state index in [4.69, 9.17) is 9.47 Å². The minimum atomic E-state index is -3.93. The van der Waals surface area contributed by atoms with Crippen LogP contribution in [0.3, 0.4) is 0 Å². The van der Waals surface area contributed by atoms with Crippen molar-refractivity contribution in [2.75, 3.05) is 24.5 Å². The summed E-state index contributed by atoms with van der Waals surface area (Å²) >= 11 is 6.68. The van der Waals surface area contributed by atoms with Crippen LogP contribution in [0.4, 0.5) is 5.82 Å². The molecular formula is C24H22Br2N6O4S. The van der Waals surface area contributed by atoms with Crippen molar-refractivity contribution in [1.82, 2.24) is 24.7 Å². The predicted octanol–water partition coefficient (Wildman–Crippen LogP) is 4.41. The number of aromatic nitrogens is 4. The summed E-state index contributed by atoms with van der Waals surface area (Å²) in [5.74, 6) is 0.274. The summed E-state index contributed by atoms with van der Waals surface area (Å²) in [5.41, 5.74) is 2.08. The Morgan fingerprint density at radius 2 is 1.51 bits per heavy atom. The van der Waals surface area contributed by atoms with Crippen LogP contribution in [-0.2, 0) is 16.6 Å². The number of benzene rings is 2. The van der Waals surface area contributed by atoms with Gasteiger partial charge in [0.05, 0.1) is 10.0 Å².